The topological polar surface area (TPSA) is 83.6 Å². The van der Waals surface area contributed by atoms with Crippen molar-refractivity contribution in [3.05, 3.63) is 35.9 Å². The van der Waals surface area contributed by atoms with Crippen LogP contribution in [0.5, 0.6) is 0 Å². The van der Waals surface area contributed by atoms with Crippen molar-refractivity contribution in [3.8, 4) is 0 Å². The molecule has 0 bridgehead atoms. The van der Waals surface area contributed by atoms with E-state index in [1.54, 1.807) is 17.0 Å². The zero-order valence-electron chi connectivity index (χ0n) is 10.8. The molecule has 3 atom stereocenters. The molecular weight excluding hydrogens is 244 g/mol. The number of likely N-dealkylation sites (tertiary alicyclic amines) is 1. The lowest BCUT2D eigenvalue weighted by molar-refractivity contribution is -0.142. The third-order valence-corrected chi connectivity index (χ3v) is 3.67. The highest BCUT2D eigenvalue weighted by atomic mass is 16.4. The normalized spacial score (nSPS) is 24.2. The number of rotatable bonds is 3. The van der Waals surface area contributed by atoms with Crippen molar-refractivity contribution in [2.45, 2.75) is 13.0 Å². The van der Waals surface area contributed by atoms with Gasteiger partial charge in [-0.15, -0.1) is 0 Å². The molecule has 2 rings (SSSR count). The molecule has 0 spiro atoms. The monoisotopic (exact) mass is 262 g/mol. The average molecular weight is 262 g/mol. The third-order valence-electron chi connectivity index (χ3n) is 3.67. The molecule has 5 nitrogen and oxygen atoms in total. The number of carbonyl (C=O) groups excluding carboxylic acids is 1. The average Bonchev–Trinajstić information content (AvgIpc) is 2.80. The number of nitrogens with zero attached hydrogens (tertiary/aromatic N) is 1. The van der Waals surface area contributed by atoms with Gasteiger partial charge in [-0.2, -0.15) is 0 Å². The van der Waals surface area contributed by atoms with E-state index >= 15 is 0 Å². The first-order valence-electron chi connectivity index (χ1n) is 6.33. The lowest BCUT2D eigenvalue weighted by Crippen LogP contribution is -2.37. The van der Waals surface area contributed by atoms with E-state index in [1.165, 1.54) is 0 Å². The minimum atomic E-state index is -0.851. The fourth-order valence-corrected chi connectivity index (χ4v) is 2.47. The molecule has 1 aliphatic heterocycles. The number of amides is 1. The molecule has 3 N–H and O–H groups in total. The van der Waals surface area contributed by atoms with Crippen LogP contribution in [0, 0.1) is 11.8 Å². The Morgan fingerprint density at radius 3 is 2.47 bits per heavy atom. The zero-order chi connectivity index (χ0) is 14.0. The highest BCUT2D eigenvalue weighted by Gasteiger charge is 2.38. The van der Waals surface area contributed by atoms with Gasteiger partial charge in [-0.25, -0.2) is 0 Å². The molecule has 0 aliphatic carbocycles. The molecule has 0 unspecified atom stereocenters. The molecule has 1 heterocycles. The van der Waals surface area contributed by atoms with E-state index < -0.39 is 17.9 Å². The Bertz CT molecular complexity index is 475. The van der Waals surface area contributed by atoms with Gasteiger partial charge in [-0.05, 0) is 11.5 Å². The van der Waals surface area contributed by atoms with Crippen LogP contribution in [0.2, 0.25) is 0 Å². The number of nitrogens with two attached hydrogens (primary N) is 1. The van der Waals surface area contributed by atoms with Gasteiger partial charge in [-0.3, -0.25) is 9.59 Å². The first-order valence-corrected chi connectivity index (χ1v) is 6.33. The lowest BCUT2D eigenvalue weighted by atomic mass is 9.99. The van der Waals surface area contributed by atoms with Gasteiger partial charge < -0.3 is 15.7 Å². The molecule has 1 aliphatic rings. The summed E-state index contributed by atoms with van der Waals surface area (Å²) in [6.07, 6.45) is 0. The number of hydrogen-bond donors (Lipinski definition) is 2. The number of carbonyl (C=O) groups is 2. The standard InChI is InChI=1S/C14H18N2O3/c1-9-7-16(8-11(9)14(18)19)13(17)12(15)10-5-3-2-4-6-10/h2-6,9,11-12H,7-8,15H2,1H3,(H,18,19)/t9-,11-,12-/m1/s1. The molecule has 1 fully saturated rings. The molecular formula is C14H18N2O3. The summed E-state index contributed by atoms with van der Waals surface area (Å²) in [6.45, 7) is 2.55. The highest BCUT2D eigenvalue weighted by molar-refractivity contribution is 5.84. The summed E-state index contributed by atoms with van der Waals surface area (Å²) in [5.74, 6) is -1.59. The number of hydrogen-bond acceptors (Lipinski definition) is 3. The summed E-state index contributed by atoms with van der Waals surface area (Å²) in [5.41, 5.74) is 6.70. The van der Waals surface area contributed by atoms with Crippen LogP contribution in [0.25, 0.3) is 0 Å². The molecule has 102 valence electrons. The van der Waals surface area contributed by atoms with E-state index in [1.807, 2.05) is 25.1 Å². The predicted octanol–water partition coefficient (Wildman–Crippen LogP) is 0.865. The number of aliphatic carboxylic acids is 1. The Labute approximate surface area is 112 Å². The molecule has 0 radical (unpaired) electrons. The molecule has 0 aromatic heterocycles. The van der Waals surface area contributed by atoms with E-state index in [-0.39, 0.29) is 18.4 Å². The summed E-state index contributed by atoms with van der Waals surface area (Å²) < 4.78 is 0. The fraction of sp³-hybridized carbons (Fsp3) is 0.429. The van der Waals surface area contributed by atoms with Crippen LogP contribution in [-0.2, 0) is 9.59 Å². The molecule has 1 saturated heterocycles. The third kappa shape index (κ3) is 2.76. The van der Waals surface area contributed by atoms with Crippen molar-refractivity contribution in [1.82, 2.24) is 4.90 Å². The fourth-order valence-electron chi connectivity index (χ4n) is 2.47. The largest absolute Gasteiger partial charge is 0.481 e. The Hall–Kier alpha value is -1.88. The molecule has 1 aromatic carbocycles. The second-order valence-corrected chi connectivity index (χ2v) is 5.05. The van der Waals surface area contributed by atoms with Gasteiger partial charge in [0.1, 0.15) is 6.04 Å². The van der Waals surface area contributed by atoms with Crippen molar-refractivity contribution < 1.29 is 14.7 Å². The van der Waals surface area contributed by atoms with Crippen molar-refractivity contribution in [1.29, 1.82) is 0 Å². The van der Waals surface area contributed by atoms with Crippen LogP contribution in [0.1, 0.15) is 18.5 Å². The Morgan fingerprint density at radius 2 is 1.95 bits per heavy atom. The van der Waals surface area contributed by atoms with Gasteiger partial charge in [0.2, 0.25) is 5.91 Å². The lowest BCUT2D eigenvalue weighted by Gasteiger charge is -2.20. The van der Waals surface area contributed by atoms with Crippen molar-refractivity contribution >= 4 is 11.9 Å². The smallest absolute Gasteiger partial charge is 0.308 e. The minimum absolute atomic E-state index is 0.0376. The quantitative estimate of drug-likeness (QED) is 0.846. The Morgan fingerprint density at radius 1 is 1.32 bits per heavy atom. The van der Waals surface area contributed by atoms with E-state index in [0.29, 0.717) is 6.54 Å². The molecule has 1 aromatic rings. The van der Waals surface area contributed by atoms with Crippen LogP contribution in [0.3, 0.4) is 0 Å². The summed E-state index contributed by atoms with van der Waals surface area (Å²) in [4.78, 5) is 24.9. The van der Waals surface area contributed by atoms with Crippen molar-refractivity contribution in [2.75, 3.05) is 13.1 Å². The summed E-state index contributed by atoms with van der Waals surface area (Å²) in [7, 11) is 0. The first-order chi connectivity index (χ1) is 9.00. The van der Waals surface area contributed by atoms with E-state index in [4.69, 9.17) is 10.8 Å². The summed E-state index contributed by atoms with van der Waals surface area (Å²) in [5, 5.41) is 9.07. The van der Waals surface area contributed by atoms with Gasteiger partial charge in [0, 0.05) is 13.1 Å². The second-order valence-electron chi connectivity index (χ2n) is 5.05. The number of benzene rings is 1. The minimum Gasteiger partial charge on any atom is -0.481 e. The van der Waals surface area contributed by atoms with Gasteiger partial charge in [0.25, 0.3) is 0 Å². The van der Waals surface area contributed by atoms with E-state index in [2.05, 4.69) is 0 Å². The second kappa shape index (κ2) is 5.40. The Kier molecular flexibility index (Phi) is 3.85. The molecule has 0 saturated carbocycles. The van der Waals surface area contributed by atoms with Crippen LogP contribution in [0.15, 0.2) is 30.3 Å². The predicted molar refractivity (Wildman–Crippen MR) is 70.2 cm³/mol. The van der Waals surface area contributed by atoms with Gasteiger partial charge in [0.15, 0.2) is 0 Å². The number of carboxylic acid groups (broad SMARTS) is 1. The first kappa shape index (κ1) is 13.5. The van der Waals surface area contributed by atoms with Gasteiger partial charge >= 0.3 is 5.97 Å². The maximum atomic E-state index is 12.3. The van der Waals surface area contributed by atoms with E-state index in [0.717, 1.165) is 5.56 Å². The highest BCUT2D eigenvalue weighted by Crippen LogP contribution is 2.25. The summed E-state index contributed by atoms with van der Waals surface area (Å²) in [6, 6.07) is 8.40. The maximum absolute atomic E-state index is 12.3. The van der Waals surface area contributed by atoms with E-state index in [9.17, 15) is 9.59 Å². The van der Waals surface area contributed by atoms with Crippen molar-refractivity contribution in [2.24, 2.45) is 17.6 Å². The molecule has 5 heteroatoms. The SMILES string of the molecule is C[C@@H]1CN(C(=O)[C@H](N)c2ccccc2)C[C@H]1C(=O)O. The van der Waals surface area contributed by atoms with Gasteiger partial charge in [-0.1, -0.05) is 37.3 Å². The van der Waals surface area contributed by atoms with Crippen LogP contribution >= 0.6 is 0 Å². The van der Waals surface area contributed by atoms with Crippen molar-refractivity contribution in [3.63, 3.8) is 0 Å². The number of carboxylic acids is 1. The van der Waals surface area contributed by atoms with Gasteiger partial charge in [0.05, 0.1) is 5.92 Å². The molecule has 19 heavy (non-hydrogen) atoms. The van der Waals surface area contributed by atoms with Crippen LogP contribution in [-0.4, -0.2) is 35.0 Å². The molecule has 1 amide bonds. The summed E-state index contributed by atoms with van der Waals surface area (Å²) >= 11 is 0. The maximum Gasteiger partial charge on any atom is 0.308 e. The zero-order valence-corrected chi connectivity index (χ0v) is 10.8. The van der Waals surface area contributed by atoms with Crippen LogP contribution < -0.4 is 5.73 Å². The Balaban J connectivity index is 2.07. The van der Waals surface area contributed by atoms with Crippen LogP contribution in [0.4, 0.5) is 0 Å².